The summed E-state index contributed by atoms with van der Waals surface area (Å²) < 4.78 is 1.79. The van der Waals surface area contributed by atoms with Crippen molar-refractivity contribution < 1.29 is 0 Å². The highest BCUT2D eigenvalue weighted by molar-refractivity contribution is 7.18. The molecule has 0 amide bonds. The molecule has 4 rings (SSSR count). The third-order valence-corrected chi connectivity index (χ3v) is 7.03. The van der Waals surface area contributed by atoms with E-state index in [4.69, 9.17) is 11.6 Å². The van der Waals surface area contributed by atoms with Gasteiger partial charge in [-0.05, 0) is 58.2 Å². The topological polar surface area (TPSA) is 58.9 Å². The number of nitrogens with zero attached hydrogens (tertiary/aromatic N) is 5. The number of rotatable bonds is 4. The van der Waals surface area contributed by atoms with E-state index in [-0.39, 0.29) is 11.1 Å². The molecule has 3 heterocycles. The Bertz CT molecular complexity index is 1040. The summed E-state index contributed by atoms with van der Waals surface area (Å²) >= 11 is 8.21. The standard InChI is InChI=1S/C22H29ClN6S/c1-21(2)10-16(11-22(3,4)27-21)29(6)20-26-25-19(30-20)17-8-7-14(9-18(17)23)15-12-24-28(5)13-15/h7-9,12-13,16,27H,10-11H2,1-6H3. The van der Waals surface area contributed by atoms with Gasteiger partial charge in [-0.1, -0.05) is 29.0 Å². The molecule has 0 aliphatic carbocycles. The largest absolute Gasteiger partial charge is 0.347 e. The van der Waals surface area contributed by atoms with E-state index in [1.165, 1.54) is 0 Å². The van der Waals surface area contributed by atoms with Crippen molar-refractivity contribution in [1.82, 2.24) is 25.3 Å². The molecule has 0 saturated carbocycles. The van der Waals surface area contributed by atoms with Crippen molar-refractivity contribution in [1.29, 1.82) is 0 Å². The van der Waals surface area contributed by atoms with Gasteiger partial charge in [-0.2, -0.15) is 5.10 Å². The number of aromatic nitrogens is 4. The molecular weight excluding hydrogens is 416 g/mol. The van der Waals surface area contributed by atoms with E-state index in [0.29, 0.717) is 11.1 Å². The summed E-state index contributed by atoms with van der Waals surface area (Å²) in [7, 11) is 4.03. The van der Waals surface area contributed by atoms with Crippen LogP contribution in [0.1, 0.15) is 40.5 Å². The smallest absolute Gasteiger partial charge is 0.208 e. The number of benzene rings is 1. The van der Waals surface area contributed by atoms with Crippen molar-refractivity contribution in [2.24, 2.45) is 7.05 Å². The highest BCUT2D eigenvalue weighted by atomic mass is 35.5. The first kappa shape index (κ1) is 21.3. The molecule has 1 saturated heterocycles. The number of hydrogen-bond donors (Lipinski definition) is 1. The van der Waals surface area contributed by atoms with Crippen LogP contribution in [-0.4, -0.2) is 44.1 Å². The van der Waals surface area contributed by atoms with Gasteiger partial charge in [0.15, 0.2) is 5.01 Å². The van der Waals surface area contributed by atoms with Crippen molar-refractivity contribution in [2.45, 2.75) is 57.7 Å². The maximum absolute atomic E-state index is 6.62. The number of aryl methyl sites for hydroxylation is 1. The van der Waals surface area contributed by atoms with Gasteiger partial charge in [0.2, 0.25) is 5.13 Å². The summed E-state index contributed by atoms with van der Waals surface area (Å²) in [6.07, 6.45) is 5.93. The summed E-state index contributed by atoms with van der Waals surface area (Å²) in [6, 6.07) is 6.45. The Morgan fingerprint density at radius 1 is 1.13 bits per heavy atom. The van der Waals surface area contributed by atoms with Gasteiger partial charge in [-0.3, -0.25) is 4.68 Å². The predicted molar refractivity (Wildman–Crippen MR) is 125 cm³/mol. The Labute approximate surface area is 187 Å². The fourth-order valence-electron chi connectivity index (χ4n) is 4.60. The molecule has 160 valence electrons. The molecular formula is C22H29ClN6S. The fourth-order valence-corrected chi connectivity index (χ4v) is 5.85. The van der Waals surface area contributed by atoms with Crippen LogP contribution >= 0.6 is 22.9 Å². The van der Waals surface area contributed by atoms with Gasteiger partial charge in [0.1, 0.15) is 0 Å². The quantitative estimate of drug-likeness (QED) is 0.613. The third kappa shape index (κ3) is 4.38. The summed E-state index contributed by atoms with van der Waals surface area (Å²) in [5, 5.41) is 19.4. The lowest BCUT2D eigenvalue weighted by atomic mass is 9.79. The summed E-state index contributed by atoms with van der Waals surface area (Å²) in [4.78, 5) is 2.28. The Morgan fingerprint density at radius 3 is 2.43 bits per heavy atom. The van der Waals surface area contributed by atoms with Crippen molar-refractivity contribution in [3.63, 3.8) is 0 Å². The molecule has 3 aromatic rings. The molecule has 2 aromatic heterocycles. The molecule has 0 spiro atoms. The molecule has 0 unspecified atom stereocenters. The Hall–Kier alpha value is -1.96. The molecule has 6 nitrogen and oxygen atoms in total. The molecule has 30 heavy (non-hydrogen) atoms. The van der Waals surface area contributed by atoms with Crippen molar-refractivity contribution in [3.05, 3.63) is 35.6 Å². The molecule has 0 atom stereocenters. The van der Waals surface area contributed by atoms with Gasteiger partial charge < -0.3 is 10.2 Å². The lowest BCUT2D eigenvalue weighted by molar-refractivity contribution is 0.161. The van der Waals surface area contributed by atoms with Crippen LogP contribution in [0, 0.1) is 0 Å². The summed E-state index contributed by atoms with van der Waals surface area (Å²) in [5.41, 5.74) is 3.16. The van der Waals surface area contributed by atoms with Crippen molar-refractivity contribution in [3.8, 4) is 21.7 Å². The van der Waals surface area contributed by atoms with Gasteiger partial charge in [-0.15, -0.1) is 10.2 Å². The zero-order valence-corrected chi connectivity index (χ0v) is 20.0. The van der Waals surface area contributed by atoms with E-state index in [1.54, 1.807) is 16.0 Å². The Kier molecular flexibility index (Phi) is 5.41. The van der Waals surface area contributed by atoms with Crippen LogP contribution in [0.5, 0.6) is 0 Å². The van der Waals surface area contributed by atoms with Crippen LogP contribution in [0.25, 0.3) is 21.7 Å². The van der Waals surface area contributed by atoms with Gasteiger partial charge >= 0.3 is 0 Å². The first-order chi connectivity index (χ1) is 14.0. The van der Waals surface area contributed by atoms with E-state index >= 15 is 0 Å². The van der Waals surface area contributed by atoms with E-state index in [1.807, 2.05) is 31.6 Å². The lowest BCUT2D eigenvalue weighted by Gasteiger charge is -2.48. The van der Waals surface area contributed by atoms with Crippen LogP contribution in [0.15, 0.2) is 30.6 Å². The number of halogens is 1. The van der Waals surface area contributed by atoms with Crippen LogP contribution in [0.3, 0.4) is 0 Å². The zero-order chi connectivity index (χ0) is 21.7. The molecule has 1 aliphatic rings. The number of hydrogen-bond acceptors (Lipinski definition) is 6. The van der Waals surface area contributed by atoms with Crippen molar-refractivity contribution >= 4 is 28.1 Å². The normalized spacial score (nSPS) is 18.5. The Morgan fingerprint density at radius 2 is 1.83 bits per heavy atom. The van der Waals surface area contributed by atoms with E-state index < -0.39 is 0 Å². The second-order valence-electron chi connectivity index (χ2n) is 9.55. The number of anilines is 1. The highest BCUT2D eigenvalue weighted by Gasteiger charge is 2.39. The SMILES string of the molecule is CN(c1nnc(-c2ccc(-c3cnn(C)c3)cc2Cl)s1)C1CC(C)(C)NC(C)(C)C1. The lowest BCUT2D eigenvalue weighted by Crippen LogP contribution is -2.61. The fraction of sp³-hybridized carbons (Fsp3) is 0.500. The molecule has 1 fully saturated rings. The van der Waals surface area contributed by atoms with Gasteiger partial charge in [0.05, 0.1) is 11.2 Å². The first-order valence-corrected chi connectivity index (χ1v) is 11.4. The van der Waals surface area contributed by atoms with E-state index in [9.17, 15) is 0 Å². The molecule has 1 aliphatic heterocycles. The number of nitrogens with one attached hydrogen (secondary N) is 1. The molecule has 1 aromatic carbocycles. The minimum Gasteiger partial charge on any atom is -0.347 e. The van der Waals surface area contributed by atoms with E-state index in [2.05, 4.69) is 66.3 Å². The second-order valence-corrected chi connectivity index (χ2v) is 10.9. The van der Waals surface area contributed by atoms with Crippen LogP contribution in [-0.2, 0) is 7.05 Å². The average molecular weight is 445 g/mol. The van der Waals surface area contributed by atoms with Crippen molar-refractivity contribution in [2.75, 3.05) is 11.9 Å². The minimum absolute atomic E-state index is 0.0830. The predicted octanol–water partition coefficient (Wildman–Crippen LogP) is 5.00. The molecule has 8 heteroatoms. The van der Waals surface area contributed by atoms with Gasteiger partial charge in [0, 0.05) is 48.5 Å². The molecule has 0 bridgehead atoms. The molecule has 0 radical (unpaired) electrons. The van der Waals surface area contributed by atoms with Gasteiger partial charge in [-0.25, -0.2) is 0 Å². The van der Waals surface area contributed by atoms with Crippen LogP contribution < -0.4 is 10.2 Å². The summed E-state index contributed by atoms with van der Waals surface area (Å²) in [5.74, 6) is 0. The second kappa shape index (κ2) is 7.62. The minimum atomic E-state index is 0.0830. The number of piperidine rings is 1. The first-order valence-electron chi connectivity index (χ1n) is 10.2. The summed E-state index contributed by atoms with van der Waals surface area (Å²) in [6.45, 7) is 9.07. The highest BCUT2D eigenvalue weighted by Crippen LogP contribution is 2.38. The van der Waals surface area contributed by atoms with Crippen LogP contribution in [0.4, 0.5) is 5.13 Å². The maximum atomic E-state index is 6.62. The third-order valence-electron chi connectivity index (χ3n) is 5.67. The van der Waals surface area contributed by atoms with Crippen LogP contribution in [0.2, 0.25) is 5.02 Å². The average Bonchev–Trinajstić information content (AvgIpc) is 3.27. The maximum Gasteiger partial charge on any atom is 0.208 e. The molecule has 1 N–H and O–H groups in total. The van der Waals surface area contributed by atoms with E-state index in [0.717, 1.165) is 39.7 Å². The monoisotopic (exact) mass is 444 g/mol. The van der Waals surface area contributed by atoms with Gasteiger partial charge in [0.25, 0.3) is 0 Å². The zero-order valence-electron chi connectivity index (χ0n) is 18.4. The Balaban J connectivity index is 1.57.